The average Bonchev–Trinajstić information content (AvgIpc) is 2.65. The van der Waals surface area contributed by atoms with Crippen LogP contribution in [0.5, 0.6) is 0 Å². The molecule has 2 aromatic carbocycles. The van der Waals surface area contributed by atoms with Crippen LogP contribution >= 0.6 is 0 Å². The Balaban J connectivity index is 1.72. The minimum absolute atomic E-state index is 0.191. The van der Waals surface area contributed by atoms with Gasteiger partial charge < -0.3 is 10.6 Å². The van der Waals surface area contributed by atoms with Gasteiger partial charge in [0.25, 0.3) is 11.8 Å². The molecular weight excluding hydrogens is 326 g/mol. The lowest BCUT2D eigenvalue weighted by atomic mass is 10.1. The number of benzene rings is 2. The van der Waals surface area contributed by atoms with Crippen LogP contribution in [-0.4, -0.2) is 16.8 Å². The minimum Gasteiger partial charge on any atom is -0.322 e. The van der Waals surface area contributed by atoms with E-state index in [-0.39, 0.29) is 11.8 Å². The molecule has 3 aromatic rings. The molecule has 0 radical (unpaired) electrons. The van der Waals surface area contributed by atoms with Gasteiger partial charge >= 0.3 is 0 Å². The van der Waals surface area contributed by atoms with E-state index in [9.17, 15) is 9.59 Å². The third-order valence-corrected chi connectivity index (χ3v) is 4.07. The summed E-state index contributed by atoms with van der Waals surface area (Å²) in [7, 11) is 0. The maximum atomic E-state index is 12.4. The number of carbonyl (C=O) groups is 2. The second kappa shape index (κ2) is 7.61. The van der Waals surface area contributed by atoms with Crippen LogP contribution in [0.15, 0.2) is 67.0 Å². The predicted octanol–water partition coefficient (Wildman–Crippen LogP) is 4.20. The zero-order valence-electron chi connectivity index (χ0n) is 14.6. The monoisotopic (exact) mass is 345 g/mol. The molecule has 2 amide bonds. The molecule has 0 aliphatic heterocycles. The van der Waals surface area contributed by atoms with Crippen molar-refractivity contribution in [3.8, 4) is 0 Å². The van der Waals surface area contributed by atoms with Crippen LogP contribution in [-0.2, 0) is 0 Å². The molecule has 0 spiro atoms. The highest BCUT2D eigenvalue weighted by Crippen LogP contribution is 2.18. The first-order valence-electron chi connectivity index (χ1n) is 8.23. The Morgan fingerprint density at radius 3 is 2.08 bits per heavy atom. The van der Waals surface area contributed by atoms with Gasteiger partial charge in [-0.1, -0.05) is 12.1 Å². The first kappa shape index (κ1) is 17.4. The number of anilines is 2. The normalized spacial score (nSPS) is 10.2. The standard InChI is InChI=1S/C21H19N3O2/c1-14-8-9-16(11-15(14)2)20(25)23-18-6-3-7-19(12-18)24-21(26)17-5-4-10-22-13-17/h3-13H,1-2H3,(H,23,25)(H,24,26). The molecule has 5 heteroatoms. The second-order valence-electron chi connectivity index (χ2n) is 6.03. The van der Waals surface area contributed by atoms with Crippen LogP contribution in [0.3, 0.4) is 0 Å². The largest absolute Gasteiger partial charge is 0.322 e. The van der Waals surface area contributed by atoms with E-state index in [4.69, 9.17) is 0 Å². The summed E-state index contributed by atoms with van der Waals surface area (Å²) in [5.74, 6) is -0.445. The van der Waals surface area contributed by atoms with Crippen molar-refractivity contribution in [3.63, 3.8) is 0 Å². The van der Waals surface area contributed by atoms with Crippen molar-refractivity contribution in [2.24, 2.45) is 0 Å². The number of nitrogens with one attached hydrogen (secondary N) is 2. The topological polar surface area (TPSA) is 71.1 Å². The van der Waals surface area contributed by atoms with E-state index in [1.165, 1.54) is 6.20 Å². The number of rotatable bonds is 4. The third kappa shape index (κ3) is 4.13. The molecule has 0 aliphatic rings. The summed E-state index contributed by atoms with van der Waals surface area (Å²) >= 11 is 0. The van der Waals surface area contributed by atoms with Crippen molar-refractivity contribution in [3.05, 3.63) is 89.2 Å². The van der Waals surface area contributed by atoms with Crippen molar-refractivity contribution < 1.29 is 9.59 Å². The van der Waals surface area contributed by atoms with E-state index >= 15 is 0 Å². The first-order valence-corrected chi connectivity index (χ1v) is 8.23. The van der Waals surface area contributed by atoms with Crippen LogP contribution in [0.4, 0.5) is 11.4 Å². The molecule has 0 fully saturated rings. The summed E-state index contributed by atoms with van der Waals surface area (Å²) in [6.45, 7) is 3.98. The van der Waals surface area contributed by atoms with E-state index in [0.717, 1.165) is 11.1 Å². The Morgan fingerprint density at radius 1 is 0.769 bits per heavy atom. The number of hydrogen-bond acceptors (Lipinski definition) is 3. The molecule has 26 heavy (non-hydrogen) atoms. The molecule has 0 saturated heterocycles. The maximum absolute atomic E-state index is 12.4. The number of aryl methyl sites for hydroxylation is 2. The van der Waals surface area contributed by atoms with Crippen molar-refractivity contribution in [1.82, 2.24) is 4.98 Å². The molecule has 5 nitrogen and oxygen atoms in total. The number of aromatic nitrogens is 1. The number of nitrogens with zero attached hydrogens (tertiary/aromatic N) is 1. The molecule has 0 unspecified atom stereocenters. The highest BCUT2D eigenvalue weighted by molar-refractivity contribution is 6.06. The Hall–Kier alpha value is -3.47. The fraction of sp³-hybridized carbons (Fsp3) is 0.0952. The van der Waals surface area contributed by atoms with Gasteiger partial charge in [-0.2, -0.15) is 0 Å². The summed E-state index contributed by atoms with van der Waals surface area (Å²) in [5.41, 5.74) is 4.47. The molecule has 3 rings (SSSR count). The van der Waals surface area contributed by atoms with Gasteiger partial charge in [-0.15, -0.1) is 0 Å². The van der Waals surface area contributed by atoms with Crippen LogP contribution in [0.2, 0.25) is 0 Å². The first-order chi connectivity index (χ1) is 12.5. The predicted molar refractivity (Wildman–Crippen MR) is 103 cm³/mol. The third-order valence-electron chi connectivity index (χ3n) is 4.07. The molecular formula is C21H19N3O2. The lowest BCUT2D eigenvalue weighted by Crippen LogP contribution is -2.14. The van der Waals surface area contributed by atoms with Gasteiger partial charge in [-0.25, -0.2) is 0 Å². The number of pyridine rings is 1. The Bertz CT molecular complexity index is 952. The molecule has 2 N–H and O–H groups in total. The molecule has 0 atom stereocenters. The van der Waals surface area contributed by atoms with Crippen LogP contribution in [0.25, 0.3) is 0 Å². The summed E-state index contributed by atoms with van der Waals surface area (Å²) < 4.78 is 0. The fourth-order valence-electron chi connectivity index (χ4n) is 2.46. The number of amides is 2. The summed E-state index contributed by atoms with van der Waals surface area (Å²) in [5, 5.41) is 5.65. The Morgan fingerprint density at radius 2 is 1.46 bits per heavy atom. The minimum atomic E-state index is -0.254. The van der Waals surface area contributed by atoms with Gasteiger partial charge in [-0.05, 0) is 67.4 Å². The van der Waals surface area contributed by atoms with E-state index in [1.807, 2.05) is 26.0 Å². The molecule has 1 heterocycles. The quantitative estimate of drug-likeness (QED) is 0.744. The van der Waals surface area contributed by atoms with Crippen molar-refractivity contribution in [2.75, 3.05) is 10.6 Å². The van der Waals surface area contributed by atoms with E-state index in [1.54, 1.807) is 48.7 Å². The smallest absolute Gasteiger partial charge is 0.257 e. The zero-order chi connectivity index (χ0) is 18.5. The molecule has 0 bridgehead atoms. The van der Waals surface area contributed by atoms with Gasteiger partial charge in [-0.3, -0.25) is 14.6 Å². The SMILES string of the molecule is Cc1ccc(C(=O)Nc2cccc(NC(=O)c3cccnc3)c2)cc1C. The highest BCUT2D eigenvalue weighted by atomic mass is 16.2. The van der Waals surface area contributed by atoms with Crippen LogP contribution in [0, 0.1) is 13.8 Å². The Kier molecular flexibility index (Phi) is 5.08. The van der Waals surface area contributed by atoms with E-state index < -0.39 is 0 Å². The highest BCUT2D eigenvalue weighted by Gasteiger charge is 2.09. The summed E-state index contributed by atoms with van der Waals surface area (Å²) in [6.07, 6.45) is 3.11. The van der Waals surface area contributed by atoms with E-state index in [2.05, 4.69) is 15.6 Å². The number of hydrogen-bond donors (Lipinski definition) is 2. The molecule has 0 saturated carbocycles. The number of carbonyl (C=O) groups excluding carboxylic acids is 2. The summed E-state index contributed by atoms with van der Waals surface area (Å²) in [6, 6.07) is 16.0. The zero-order valence-corrected chi connectivity index (χ0v) is 14.6. The maximum Gasteiger partial charge on any atom is 0.257 e. The van der Waals surface area contributed by atoms with Crippen molar-refractivity contribution in [1.29, 1.82) is 0 Å². The molecule has 1 aromatic heterocycles. The fourth-order valence-corrected chi connectivity index (χ4v) is 2.46. The lowest BCUT2D eigenvalue weighted by molar-refractivity contribution is 0.101. The molecule has 0 aliphatic carbocycles. The molecule has 130 valence electrons. The Labute approximate surface area is 152 Å². The van der Waals surface area contributed by atoms with E-state index in [0.29, 0.717) is 22.5 Å². The summed E-state index contributed by atoms with van der Waals surface area (Å²) in [4.78, 5) is 28.6. The van der Waals surface area contributed by atoms with Crippen molar-refractivity contribution >= 4 is 23.2 Å². The van der Waals surface area contributed by atoms with Gasteiger partial charge in [0.2, 0.25) is 0 Å². The average molecular weight is 345 g/mol. The second-order valence-corrected chi connectivity index (χ2v) is 6.03. The van der Waals surface area contributed by atoms with Gasteiger partial charge in [0.15, 0.2) is 0 Å². The van der Waals surface area contributed by atoms with Gasteiger partial charge in [0.1, 0.15) is 0 Å². The van der Waals surface area contributed by atoms with Gasteiger partial charge in [0, 0.05) is 29.3 Å². The van der Waals surface area contributed by atoms with Crippen LogP contribution < -0.4 is 10.6 Å². The lowest BCUT2D eigenvalue weighted by Gasteiger charge is -2.10. The van der Waals surface area contributed by atoms with Crippen molar-refractivity contribution in [2.45, 2.75) is 13.8 Å². The van der Waals surface area contributed by atoms with Gasteiger partial charge in [0.05, 0.1) is 5.56 Å². The van der Waals surface area contributed by atoms with Crippen LogP contribution in [0.1, 0.15) is 31.8 Å².